The normalized spacial score (nSPS) is 14.5. The second-order valence-corrected chi connectivity index (χ2v) is 6.39. The molecule has 0 bridgehead atoms. The highest BCUT2D eigenvalue weighted by molar-refractivity contribution is 5.60. The van der Waals surface area contributed by atoms with Crippen LogP contribution in [0.2, 0.25) is 0 Å². The monoisotopic (exact) mass is 347 g/mol. The number of H-pyrrole nitrogens is 1. The predicted molar refractivity (Wildman–Crippen MR) is 106 cm³/mol. The van der Waals surface area contributed by atoms with E-state index in [1.807, 2.05) is 54.6 Å². The summed E-state index contributed by atoms with van der Waals surface area (Å²) in [6, 6.07) is 19.2. The lowest BCUT2D eigenvalue weighted by Crippen LogP contribution is -2.47. The summed E-state index contributed by atoms with van der Waals surface area (Å²) < 4.78 is 0. The molecule has 3 N–H and O–H groups in total. The molecule has 1 fully saturated rings. The molecule has 0 amide bonds. The van der Waals surface area contributed by atoms with Gasteiger partial charge in [-0.05, 0) is 24.3 Å². The number of hydrogen-bond acceptors (Lipinski definition) is 5. The SMILES string of the molecule is Nc1ccc(N2CCN(c3nc(-c4ccccc4)cc(=O)[nH]3)CC2)cc1. The van der Waals surface area contributed by atoms with Crippen LogP contribution in [-0.2, 0) is 0 Å². The molecule has 1 aliphatic rings. The van der Waals surface area contributed by atoms with Crippen molar-refractivity contribution in [2.24, 2.45) is 0 Å². The van der Waals surface area contributed by atoms with Gasteiger partial charge in [-0.1, -0.05) is 30.3 Å². The van der Waals surface area contributed by atoms with Crippen molar-refractivity contribution in [3.05, 3.63) is 71.0 Å². The van der Waals surface area contributed by atoms with Crippen molar-refractivity contribution in [3.8, 4) is 11.3 Å². The third-order valence-corrected chi connectivity index (χ3v) is 4.64. The topological polar surface area (TPSA) is 78.2 Å². The number of piperazine rings is 1. The van der Waals surface area contributed by atoms with Crippen LogP contribution in [0.4, 0.5) is 17.3 Å². The van der Waals surface area contributed by atoms with Gasteiger partial charge in [0.05, 0.1) is 5.69 Å². The summed E-state index contributed by atoms with van der Waals surface area (Å²) in [5.41, 5.74) is 9.21. The van der Waals surface area contributed by atoms with Gasteiger partial charge >= 0.3 is 0 Å². The van der Waals surface area contributed by atoms with E-state index in [0.29, 0.717) is 11.6 Å². The fourth-order valence-electron chi connectivity index (χ4n) is 3.21. The van der Waals surface area contributed by atoms with Crippen LogP contribution in [0.1, 0.15) is 0 Å². The van der Waals surface area contributed by atoms with Gasteiger partial charge in [0, 0.05) is 49.2 Å². The number of hydrogen-bond donors (Lipinski definition) is 2. The molecule has 3 aromatic rings. The molecule has 2 aromatic carbocycles. The van der Waals surface area contributed by atoms with E-state index >= 15 is 0 Å². The summed E-state index contributed by atoms with van der Waals surface area (Å²) in [5, 5.41) is 0. The number of nitrogens with zero attached hydrogens (tertiary/aromatic N) is 3. The third kappa shape index (κ3) is 3.39. The zero-order valence-electron chi connectivity index (χ0n) is 14.4. The lowest BCUT2D eigenvalue weighted by atomic mass is 10.1. The van der Waals surface area contributed by atoms with Crippen molar-refractivity contribution >= 4 is 17.3 Å². The largest absolute Gasteiger partial charge is 0.399 e. The van der Waals surface area contributed by atoms with Gasteiger partial charge in [0.2, 0.25) is 5.95 Å². The molecule has 0 spiro atoms. The molecule has 6 heteroatoms. The van der Waals surface area contributed by atoms with Crippen LogP contribution in [0.25, 0.3) is 11.3 Å². The Morgan fingerprint density at radius 1 is 0.885 bits per heavy atom. The van der Waals surface area contributed by atoms with Crippen molar-refractivity contribution in [1.29, 1.82) is 0 Å². The molecule has 0 aliphatic carbocycles. The highest BCUT2D eigenvalue weighted by Gasteiger charge is 2.19. The van der Waals surface area contributed by atoms with Gasteiger partial charge in [0.25, 0.3) is 5.56 Å². The molecule has 2 heterocycles. The van der Waals surface area contributed by atoms with Gasteiger partial charge in [-0.15, -0.1) is 0 Å². The van der Waals surface area contributed by atoms with E-state index in [-0.39, 0.29) is 5.56 Å². The number of rotatable bonds is 3. The zero-order chi connectivity index (χ0) is 17.9. The van der Waals surface area contributed by atoms with E-state index in [1.165, 1.54) is 5.69 Å². The van der Waals surface area contributed by atoms with Crippen LogP contribution in [0.5, 0.6) is 0 Å². The summed E-state index contributed by atoms with van der Waals surface area (Å²) in [6.07, 6.45) is 0. The van der Waals surface area contributed by atoms with E-state index in [1.54, 1.807) is 6.07 Å². The number of aromatic nitrogens is 2. The van der Waals surface area contributed by atoms with Crippen LogP contribution in [-0.4, -0.2) is 36.1 Å². The van der Waals surface area contributed by atoms with E-state index < -0.39 is 0 Å². The highest BCUT2D eigenvalue weighted by Crippen LogP contribution is 2.21. The van der Waals surface area contributed by atoms with Crippen molar-refractivity contribution in [2.75, 3.05) is 41.7 Å². The number of nitrogens with two attached hydrogens (primary N) is 1. The molecule has 1 aliphatic heterocycles. The average Bonchev–Trinajstić information content (AvgIpc) is 2.69. The smallest absolute Gasteiger partial charge is 0.252 e. The molecule has 4 rings (SSSR count). The molecular formula is C20H21N5O. The summed E-state index contributed by atoms with van der Waals surface area (Å²) in [5.74, 6) is 0.633. The van der Waals surface area contributed by atoms with Crippen LogP contribution >= 0.6 is 0 Å². The maximum absolute atomic E-state index is 12.1. The van der Waals surface area contributed by atoms with Crippen molar-refractivity contribution in [3.63, 3.8) is 0 Å². The van der Waals surface area contributed by atoms with E-state index in [2.05, 4.69) is 19.8 Å². The lowest BCUT2D eigenvalue weighted by Gasteiger charge is -2.36. The van der Waals surface area contributed by atoms with Gasteiger partial charge in [-0.3, -0.25) is 9.78 Å². The molecular weight excluding hydrogens is 326 g/mol. The van der Waals surface area contributed by atoms with Crippen LogP contribution in [0.3, 0.4) is 0 Å². The van der Waals surface area contributed by atoms with E-state index in [0.717, 1.165) is 37.4 Å². The molecule has 26 heavy (non-hydrogen) atoms. The number of anilines is 3. The van der Waals surface area contributed by atoms with Gasteiger partial charge in [-0.25, -0.2) is 4.98 Å². The highest BCUT2D eigenvalue weighted by atomic mass is 16.1. The maximum atomic E-state index is 12.1. The molecule has 1 saturated heterocycles. The first-order chi connectivity index (χ1) is 12.7. The molecule has 0 unspecified atom stereocenters. The quantitative estimate of drug-likeness (QED) is 0.711. The molecule has 6 nitrogen and oxygen atoms in total. The third-order valence-electron chi connectivity index (χ3n) is 4.64. The van der Waals surface area contributed by atoms with Crippen molar-refractivity contribution < 1.29 is 0 Å². The second kappa shape index (κ2) is 6.92. The molecule has 0 radical (unpaired) electrons. The first-order valence-corrected chi connectivity index (χ1v) is 8.71. The molecule has 132 valence electrons. The fraction of sp³-hybridized carbons (Fsp3) is 0.200. The first-order valence-electron chi connectivity index (χ1n) is 8.71. The van der Waals surface area contributed by atoms with Gasteiger partial charge in [0.1, 0.15) is 0 Å². The Hall–Kier alpha value is -3.28. The van der Waals surface area contributed by atoms with Crippen molar-refractivity contribution in [1.82, 2.24) is 9.97 Å². The first kappa shape index (κ1) is 16.2. The minimum atomic E-state index is -0.130. The number of nitrogens with one attached hydrogen (secondary N) is 1. The Morgan fingerprint density at radius 3 is 2.23 bits per heavy atom. The Kier molecular flexibility index (Phi) is 4.31. The summed E-state index contributed by atoms with van der Waals surface area (Å²) >= 11 is 0. The molecule has 0 atom stereocenters. The zero-order valence-corrected chi connectivity index (χ0v) is 14.4. The summed E-state index contributed by atoms with van der Waals surface area (Å²) in [7, 11) is 0. The molecule has 1 aromatic heterocycles. The second-order valence-electron chi connectivity index (χ2n) is 6.39. The molecule has 0 saturated carbocycles. The van der Waals surface area contributed by atoms with Gasteiger partial charge < -0.3 is 15.5 Å². The maximum Gasteiger partial charge on any atom is 0.252 e. The standard InChI is InChI=1S/C20H21N5O/c21-16-6-8-17(9-7-16)24-10-12-25(13-11-24)20-22-18(14-19(26)23-20)15-4-2-1-3-5-15/h1-9,14H,10-13,21H2,(H,22,23,26). The number of nitrogen functional groups attached to an aromatic ring is 1. The van der Waals surface area contributed by atoms with Gasteiger partial charge in [-0.2, -0.15) is 0 Å². The summed E-state index contributed by atoms with van der Waals surface area (Å²) in [6.45, 7) is 3.32. The lowest BCUT2D eigenvalue weighted by molar-refractivity contribution is 0.639. The number of aromatic amines is 1. The predicted octanol–water partition coefficient (Wildman–Crippen LogP) is 2.35. The van der Waals surface area contributed by atoms with Crippen LogP contribution < -0.4 is 21.1 Å². The van der Waals surface area contributed by atoms with Gasteiger partial charge in [0.15, 0.2) is 0 Å². The fourth-order valence-corrected chi connectivity index (χ4v) is 3.21. The number of benzene rings is 2. The minimum Gasteiger partial charge on any atom is -0.399 e. The van der Waals surface area contributed by atoms with Crippen molar-refractivity contribution in [2.45, 2.75) is 0 Å². The Labute approximate surface area is 151 Å². The Morgan fingerprint density at radius 2 is 1.54 bits per heavy atom. The van der Waals surface area contributed by atoms with E-state index in [9.17, 15) is 4.79 Å². The Bertz CT molecular complexity index is 928. The summed E-state index contributed by atoms with van der Waals surface area (Å²) in [4.78, 5) is 24.1. The van der Waals surface area contributed by atoms with Crippen LogP contribution in [0, 0.1) is 0 Å². The average molecular weight is 347 g/mol. The Balaban J connectivity index is 1.52. The van der Waals surface area contributed by atoms with Crippen LogP contribution in [0.15, 0.2) is 65.5 Å². The minimum absolute atomic E-state index is 0.130. The van der Waals surface area contributed by atoms with E-state index in [4.69, 9.17) is 5.73 Å².